The molecule has 5 nitrogen and oxygen atoms in total. The second kappa shape index (κ2) is 10.1. The molecule has 0 atom stereocenters. The molecule has 3 aromatic heterocycles. The summed E-state index contributed by atoms with van der Waals surface area (Å²) in [7, 11) is 0. The number of nitrogens with zero attached hydrogens (tertiary/aromatic N) is 4. The fourth-order valence-electron chi connectivity index (χ4n) is 5.66. The lowest BCUT2D eigenvalue weighted by molar-refractivity contribution is 0.669. The molecular formula is C38H22N4O. The first-order valence-corrected chi connectivity index (χ1v) is 14.0. The number of nitriles is 1. The summed E-state index contributed by atoms with van der Waals surface area (Å²) in [6.07, 6.45) is 0. The molecule has 0 aliphatic rings. The average Bonchev–Trinajstić information content (AvgIpc) is 3.47. The van der Waals surface area contributed by atoms with E-state index in [0.717, 1.165) is 78.0 Å². The Morgan fingerprint density at radius 1 is 0.512 bits per heavy atom. The lowest BCUT2D eigenvalue weighted by Gasteiger charge is -2.14. The largest absolute Gasteiger partial charge is 0.456 e. The first-order chi connectivity index (χ1) is 21.2. The van der Waals surface area contributed by atoms with Crippen LogP contribution in [0.4, 0.5) is 0 Å². The summed E-state index contributed by atoms with van der Waals surface area (Å²) >= 11 is 0. The monoisotopic (exact) mass is 550 g/mol. The van der Waals surface area contributed by atoms with E-state index in [1.807, 2.05) is 97.1 Å². The van der Waals surface area contributed by atoms with Crippen LogP contribution in [0.25, 0.3) is 78.0 Å². The van der Waals surface area contributed by atoms with Gasteiger partial charge in [-0.3, -0.25) is 0 Å². The molecule has 0 N–H and O–H groups in total. The van der Waals surface area contributed by atoms with Crippen LogP contribution in [0, 0.1) is 11.3 Å². The predicted molar refractivity (Wildman–Crippen MR) is 171 cm³/mol. The summed E-state index contributed by atoms with van der Waals surface area (Å²) in [5, 5.41) is 11.5. The number of rotatable bonds is 4. The topological polar surface area (TPSA) is 75.6 Å². The van der Waals surface area contributed by atoms with Crippen LogP contribution >= 0.6 is 0 Å². The molecule has 43 heavy (non-hydrogen) atoms. The third kappa shape index (κ3) is 4.30. The highest BCUT2D eigenvalue weighted by molar-refractivity contribution is 6.12. The number of benzene rings is 5. The molecule has 3 heterocycles. The summed E-state index contributed by atoms with van der Waals surface area (Å²) in [5.74, 6) is 0. The summed E-state index contributed by atoms with van der Waals surface area (Å²) in [5.41, 5.74) is 10.8. The summed E-state index contributed by atoms with van der Waals surface area (Å²) in [6.45, 7) is 0. The first-order valence-electron chi connectivity index (χ1n) is 14.0. The molecule has 0 saturated carbocycles. The van der Waals surface area contributed by atoms with E-state index in [1.165, 1.54) is 0 Å². The van der Waals surface area contributed by atoms with Crippen molar-refractivity contribution in [3.8, 4) is 51.1 Å². The Morgan fingerprint density at radius 3 is 1.93 bits per heavy atom. The van der Waals surface area contributed by atoms with E-state index in [1.54, 1.807) is 0 Å². The highest BCUT2D eigenvalue weighted by atomic mass is 16.3. The van der Waals surface area contributed by atoms with Crippen LogP contribution in [0.15, 0.2) is 138 Å². The third-order valence-corrected chi connectivity index (χ3v) is 7.70. The van der Waals surface area contributed by atoms with E-state index in [-0.39, 0.29) is 0 Å². The Balaban J connectivity index is 1.43. The van der Waals surface area contributed by atoms with E-state index in [2.05, 4.69) is 42.5 Å². The minimum absolute atomic E-state index is 0.594. The second-order valence-corrected chi connectivity index (χ2v) is 10.4. The zero-order valence-corrected chi connectivity index (χ0v) is 22.9. The van der Waals surface area contributed by atoms with Crippen molar-refractivity contribution in [2.75, 3.05) is 0 Å². The van der Waals surface area contributed by atoms with Gasteiger partial charge in [0.05, 0.1) is 45.4 Å². The Hall–Kier alpha value is -6.12. The molecule has 0 amide bonds. The Kier molecular flexibility index (Phi) is 5.77. The average molecular weight is 551 g/mol. The Bertz CT molecular complexity index is 2350. The highest BCUT2D eigenvalue weighted by Crippen LogP contribution is 2.39. The van der Waals surface area contributed by atoms with Crippen LogP contribution in [0.5, 0.6) is 0 Å². The van der Waals surface area contributed by atoms with Gasteiger partial charge in [0.25, 0.3) is 0 Å². The van der Waals surface area contributed by atoms with Gasteiger partial charge in [-0.1, -0.05) is 84.9 Å². The predicted octanol–water partition coefficient (Wildman–Crippen LogP) is 9.46. The molecular weight excluding hydrogens is 528 g/mol. The maximum absolute atomic E-state index is 9.38. The molecule has 0 saturated heterocycles. The van der Waals surface area contributed by atoms with Crippen molar-refractivity contribution >= 4 is 33.0 Å². The van der Waals surface area contributed by atoms with Gasteiger partial charge in [-0.2, -0.15) is 5.26 Å². The van der Waals surface area contributed by atoms with Gasteiger partial charge in [0.2, 0.25) is 0 Å². The van der Waals surface area contributed by atoms with Crippen LogP contribution in [0.2, 0.25) is 0 Å². The lowest BCUT2D eigenvalue weighted by atomic mass is 9.97. The molecule has 0 spiro atoms. The molecule has 0 aliphatic heterocycles. The van der Waals surface area contributed by atoms with Crippen LogP contribution < -0.4 is 0 Å². The van der Waals surface area contributed by atoms with Gasteiger partial charge in [-0.15, -0.1) is 0 Å². The molecule has 5 aromatic carbocycles. The van der Waals surface area contributed by atoms with Crippen molar-refractivity contribution < 1.29 is 4.42 Å². The van der Waals surface area contributed by atoms with Crippen molar-refractivity contribution in [2.24, 2.45) is 0 Å². The van der Waals surface area contributed by atoms with Crippen molar-refractivity contribution in [1.82, 2.24) is 15.0 Å². The molecule has 0 aliphatic carbocycles. The number of para-hydroxylation sites is 3. The van der Waals surface area contributed by atoms with Crippen molar-refractivity contribution in [3.05, 3.63) is 139 Å². The Labute approximate surface area is 247 Å². The van der Waals surface area contributed by atoms with Crippen LogP contribution in [0.1, 0.15) is 5.56 Å². The maximum Gasteiger partial charge on any atom is 0.136 e. The van der Waals surface area contributed by atoms with Gasteiger partial charge in [0.15, 0.2) is 0 Å². The zero-order valence-electron chi connectivity index (χ0n) is 22.9. The normalized spacial score (nSPS) is 11.2. The number of hydrogen-bond acceptors (Lipinski definition) is 5. The molecule has 0 bridgehead atoms. The number of hydrogen-bond donors (Lipinski definition) is 0. The third-order valence-electron chi connectivity index (χ3n) is 7.70. The minimum Gasteiger partial charge on any atom is -0.456 e. The van der Waals surface area contributed by atoms with Gasteiger partial charge in [-0.25, -0.2) is 15.0 Å². The van der Waals surface area contributed by atoms with Crippen molar-refractivity contribution in [3.63, 3.8) is 0 Å². The zero-order chi connectivity index (χ0) is 28.8. The van der Waals surface area contributed by atoms with E-state index in [9.17, 15) is 5.26 Å². The summed E-state index contributed by atoms with van der Waals surface area (Å²) in [6, 6.07) is 46.1. The second-order valence-electron chi connectivity index (χ2n) is 10.4. The van der Waals surface area contributed by atoms with Gasteiger partial charge in [-0.05, 0) is 48.5 Å². The molecule has 0 fully saturated rings. The number of aromatic nitrogens is 3. The van der Waals surface area contributed by atoms with Gasteiger partial charge in [0, 0.05) is 33.0 Å². The van der Waals surface area contributed by atoms with Gasteiger partial charge >= 0.3 is 0 Å². The molecule has 8 aromatic rings. The van der Waals surface area contributed by atoms with Crippen LogP contribution in [-0.2, 0) is 0 Å². The van der Waals surface area contributed by atoms with Crippen LogP contribution in [-0.4, -0.2) is 15.0 Å². The minimum atomic E-state index is 0.594. The van der Waals surface area contributed by atoms with E-state index in [0.29, 0.717) is 5.56 Å². The smallest absolute Gasteiger partial charge is 0.136 e. The van der Waals surface area contributed by atoms with Crippen molar-refractivity contribution in [2.45, 2.75) is 0 Å². The standard InChI is InChI=1S/C38H22N4O/c39-23-24-17-19-26(20-18-24)37-38(42-31-14-6-5-13-30(31)41-37)27-21-32(25-9-2-1-3-10-25)40-33(22-27)28-12-8-16-35-36(28)29-11-4-7-15-34(29)43-35/h1-22H. The number of furan rings is 1. The highest BCUT2D eigenvalue weighted by Gasteiger charge is 2.19. The maximum atomic E-state index is 9.38. The number of fused-ring (bicyclic) bond motifs is 4. The van der Waals surface area contributed by atoms with Gasteiger partial charge < -0.3 is 4.42 Å². The molecule has 8 rings (SSSR count). The van der Waals surface area contributed by atoms with Crippen molar-refractivity contribution in [1.29, 1.82) is 5.26 Å². The molecule has 0 unspecified atom stereocenters. The summed E-state index contributed by atoms with van der Waals surface area (Å²) < 4.78 is 6.22. The fraction of sp³-hybridized carbons (Fsp3) is 0. The molecule has 200 valence electrons. The van der Waals surface area contributed by atoms with E-state index in [4.69, 9.17) is 19.4 Å². The lowest BCUT2D eigenvalue weighted by Crippen LogP contribution is -1.98. The quantitative estimate of drug-likeness (QED) is 0.218. The van der Waals surface area contributed by atoms with E-state index < -0.39 is 0 Å². The van der Waals surface area contributed by atoms with Crippen LogP contribution in [0.3, 0.4) is 0 Å². The fourth-order valence-corrected chi connectivity index (χ4v) is 5.66. The molecule has 0 radical (unpaired) electrons. The summed E-state index contributed by atoms with van der Waals surface area (Å²) in [4.78, 5) is 15.4. The molecule has 5 heteroatoms. The first kappa shape index (κ1) is 24.7. The number of pyridine rings is 1. The van der Waals surface area contributed by atoms with Gasteiger partial charge in [0.1, 0.15) is 11.2 Å². The SMILES string of the molecule is N#Cc1ccc(-c2nc3ccccc3nc2-c2cc(-c3ccccc3)nc(-c3cccc4oc5ccccc5c34)c2)cc1. The Morgan fingerprint density at radius 2 is 1.16 bits per heavy atom. The van der Waals surface area contributed by atoms with E-state index >= 15 is 0 Å².